The SMILES string of the molecule is COc1ncc(NNC(=O)c2cc(-c3ccc(F)cc3)nn2C)cc1F. The topological polar surface area (TPSA) is 81.1 Å². The predicted molar refractivity (Wildman–Crippen MR) is 90.4 cm³/mol. The molecule has 2 heterocycles. The standard InChI is InChI=1S/C17H15F2N5O2/c1-24-15(8-14(23-24)10-3-5-11(18)6-4-10)16(25)22-21-12-7-13(19)17(26-2)20-9-12/h3-9,21H,1-2H3,(H,22,25). The first-order chi connectivity index (χ1) is 12.5. The molecule has 0 saturated carbocycles. The van der Waals surface area contributed by atoms with Gasteiger partial charge in [-0.3, -0.25) is 20.3 Å². The van der Waals surface area contributed by atoms with E-state index in [9.17, 15) is 13.6 Å². The van der Waals surface area contributed by atoms with E-state index in [-0.39, 0.29) is 23.1 Å². The van der Waals surface area contributed by atoms with Crippen LogP contribution in [0.1, 0.15) is 10.5 Å². The van der Waals surface area contributed by atoms with E-state index in [1.54, 1.807) is 25.2 Å². The van der Waals surface area contributed by atoms with Gasteiger partial charge >= 0.3 is 0 Å². The minimum atomic E-state index is -0.661. The third kappa shape index (κ3) is 3.61. The van der Waals surface area contributed by atoms with Gasteiger partial charge in [-0.1, -0.05) is 0 Å². The Morgan fingerprint density at radius 1 is 1.19 bits per heavy atom. The number of pyridine rings is 1. The van der Waals surface area contributed by atoms with Gasteiger partial charge in [-0.25, -0.2) is 13.8 Å². The number of ether oxygens (including phenoxy) is 1. The molecule has 7 nitrogen and oxygen atoms in total. The Bertz CT molecular complexity index is 941. The summed E-state index contributed by atoms with van der Waals surface area (Å²) in [4.78, 5) is 16.1. The minimum Gasteiger partial charge on any atom is -0.479 e. The first-order valence-electron chi connectivity index (χ1n) is 7.54. The highest BCUT2D eigenvalue weighted by molar-refractivity contribution is 5.94. The fourth-order valence-corrected chi connectivity index (χ4v) is 2.28. The normalized spacial score (nSPS) is 10.5. The number of carbonyl (C=O) groups excluding carboxylic acids is 1. The number of carbonyl (C=O) groups is 1. The summed E-state index contributed by atoms with van der Waals surface area (Å²) in [6.45, 7) is 0. The van der Waals surface area contributed by atoms with Crippen LogP contribution < -0.4 is 15.6 Å². The van der Waals surface area contributed by atoms with Crippen LogP contribution in [-0.4, -0.2) is 27.8 Å². The number of aromatic nitrogens is 3. The zero-order valence-electron chi connectivity index (χ0n) is 14.0. The maximum Gasteiger partial charge on any atom is 0.287 e. The summed E-state index contributed by atoms with van der Waals surface area (Å²) in [5, 5.41) is 4.24. The van der Waals surface area contributed by atoms with E-state index in [0.717, 1.165) is 6.07 Å². The van der Waals surface area contributed by atoms with Gasteiger partial charge in [0.25, 0.3) is 5.91 Å². The largest absolute Gasteiger partial charge is 0.479 e. The fraction of sp³-hybridized carbons (Fsp3) is 0.118. The average molecular weight is 359 g/mol. The van der Waals surface area contributed by atoms with E-state index in [4.69, 9.17) is 4.74 Å². The average Bonchev–Trinajstić information content (AvgIpc) is 3.02. The van der Waals surface area contributed by atoms with Crippen molar-refractivity contribution in [3.05, 3.63) is 59.9 Å². The van der Waals surface area contributed by atoms with Gasteiger partial charge in [0.2, 0.25) is 5.88 Å². The van der Waals surface area contributed by atoms with Gasteiger partial charge in [0.1, 0.15) is 11.5 Å². The Morgan fingerprint density at radius 3 is 2.58 bits per heavy atom. The molecule has 26 heavy (non-hydrogen) atoms. The van der Waals surface area contributed by atoms with E-state index in [1.807, 2.05) is 0 Å². The van der Waals surface area contributed by atoms with Crippen molar-refractivity contribution in [3.63, 3.8) is 0 Å². The molecule has 0 spiro atoms. The van der Waals surface area contributed by atoms with E-state index in [0.29, 0.717) is 11.3 Å². The second kappa shape index (κ2) is 7.18. The van der Waals surface area contributed by atoms with Crippen LogP contribution in [0.25, 0.3) is 11.3 Å². The number of aryl methyl sites for hydroxylation is 1. The number of rotatable bonds is 5. The number of nitrogens with zero attached hydrogens (tertiary/aromatic N) is 3. The molecule has 0 atom stereocenters. The van der Waals surface area contributed by atoms with Gasteiger partial charge < -0.3 is 4.74 Å². The van der Waals surface area contributed by atoms with Crippen LogP contribution in [-0.2, 0) is 7.05 Å². The summed E-state index contributed by atoms with van der Waals surface area (Å²) in [7, 11) is 2.91. The lowest BCUT2D eigenvalue weighted by atomic mass is 10.1. The zero-order valence-corrected chi connectivity index (χ0v) is 14.0. The molecule has 0 fully saturated rings. The predicted octanol–water partition coefficient (Wildman–Crippen LogP) is 2.53. The number of hydrazine groups is 1. The Morgan fingerprint density at radius 2 is 1.92 bits per heavy atom. The molecule has 0 aliphatic carbocycles. The number of hydrogen-bond donors (Lipinski definition) is 2. The molecule has 1 amide bonds. The Kier molecular flexibility index (Phi) is 4.78. The number of methoxy groups -OCH3 is 1. The van der Waals surface area contributed by atoms with E-state index >= 15 is 0 Å². The molecule has 0 saturated heterocycles. The second-order valence-electron chi connectivity index (χ2n) is 5.34. The first-order valence-corrected chi connectivity index (χ1v) is 7.54. The number of halogens is 2. The molecule has 0 bridgehead atoms. The molecule has 3 rings (SSSR count). The van der Waals surface area contributed by atoms with Gasteiger partial charge in [0.15, 0.2) is 5.82 Å². The molecule has 0 aliphatic heterocycles. The van der Waals surface area contributed by atoms with Gasteiger partial charge in [0.05, 0.1) is 24.7 Å². The van der Waals surface area contributed by atoms with Crippen molar-refractivity contribution in [1.82, 2.24) is 20.2 Å². The number of hydrogen-bond acceptors (Lipinski definition) is 5. The van der Waals surface area contributed by atoms with E-state index < -0.39 is 11.7 Å². The highest BCUT2D eigenvalue weighted by Crippen LogP contribution is 2.20. The highest BCUT2D eigenvalue weighted by atomic mass is 19.1. The van der Waals surface area contributed by atoms with E-state index in [2.05, 4.69) is 20.9 Å². The molecule has 134 valence electrons. The number of anilines is 1. The molecule has 0 unspecified atom stereocenters. The number of benzene rings is 1. The van der Waals surface area contributed by atoms with Crippen molar-refractivity contribution in [2.24, 2.45) is 7.05 Å². The van der Waals surface area contributed by atoms with Crippen molar-refractivity contribution in [3.8, 4) is 17.1 Å². The summed E-state index contributed by atoms with van der Waals surface area (Å²) >= 11 is 0. The molecule has 3 aromatic rings. The quantitative estimate of drug-likeness (QED) is 0.684. The van der Waals surface area contributed by atoms with Crippen LogP contribution in [0.15, 0.2) is 42.6 Å². The second-order valence-corrected chi connectivity index (χ2v) is 5.34. The Labute approximate surface area is 147 Å². The van der Waals surface area contributed by atoms with Crippen molar-refractivity contribution >= 4 is 11.6 Å². The third-order valence-electron chi connectivity index (χ3n) is 3.57. The lowest BCUT2D eigenvalue weighted by Gasteiger charge is -2.09. The molecule has 1 aromatic carbocycles. The summed E-state index contributed by atoms with van der Waals surface area (Å²) in [6.07, 6.45) is 1.31. The zero-order chi connectivity index (χ0) is 18.7. The Hall–Kier alpha value is -3.49. The van der Waals surface area contributed by atoms with Crippen LogP contribution in [0.5, 0.6) is 5.88 Å². The lowest BCUT2D eigenvalue weighted by Crippen LogP contribution is -2.31. The molecular formula is C17H15F2N5O2. The van der Waals surface area contributed by atoms with E-state index in [1.165, 1.54) is 30.1 Å². The van der Waals surface area contributed by atoms with Crippen LogP contribution in [0.2, 0.25) is 0 Å². The lowest BCUT2D eigenvalue weighted by molar-refractivity contribution is 0.0953. The maximum atomic E-state index is 13.6. The molecule has 2 N–H and O–H groups in total. The molecule has 9 heteroatoms. The van der Waals surface area contributed by atoms with Gasteiger partial charge in [0, 0.05) is 18.7 Å². The summed E-state index contributed by atoms with van der Waals surface area (Å²) in [5.74, 6) is -1.64. The Balaban J connectivity index is 1.72. The van der Waals surface area contributed by atoms with Crippen LogP contribution >= 0.6 is 0 Å². The van der Waals surface area contributed by atoms with Crippen LogP contribution in [0, 0.1) is 11.6 Å². The summed E-state index contributed by atoms with van der Waals surface area (Å²) in [6, 6.07) is 8.48. The van der Waals surface area contributed by atoms with Crippen molar-refractivity contribution in [2.45, 2.75) is 0 Å². The highest BCUT2D eigenvalue weighted by Gasteiger charge is 2.14. The van der Waals surface area contributed by atoms with Crippen LogP contribution in [0.4, 0.5) is 14.5 Å². The fourth-order valence-electron chi connectivity index (χ4n) is 2.28. The molecule has 0 aliphatic rings. The maximum absolute atomic E-state index is 13.6. The third-order valence-corrected chi connectivity index (χ3v) is 3.57. The summed E-state index contributed by atoms with van der Waals surface area (Å²) < 4.78 is 32.7. The van der Waals surface area contributed by atoms with Crippen LogP contribution in [0.3, 0.4) is 0 Å². The summed E-state index contributed by atoms with van der Waals surface area (Å²) in [5.41, 5.74) is 6.72. The first kappa shape index (κ1) is 17.3. The monoisotopic (exact) mass is 359 g/mol. The molecule has 0 radical (unpaired) electrons. The van der Waals surface area contributed by atoms with Crippen molar-refractivity contribution in [1.29, 1.82) is 0 Å². The number of amides is 1. The minimum absolute atomic E-state index is 0.141. The van der Waals surface area contributed by atoms with Gasteiger partial charge in [-0.05, 0) is 30.3 Å². The smallest absolute Gasteiger partial charge is 0.287 e. The van der Waals surface area contributed by atoms with Gasteiger partial charge in [-0.15, -0.1) is 0 Å². The molecular weight excluding hydrogens is 344 g/mol. The number of nitrogens with one attached hydrogen (secondary N) is 2. The van der Waals surface area contributed by atoms with Gasteiger partial charge in [-0.2, -0.15) is 5.10 Å². The van der Waals surface area contributed by atoms with Crippen molar-refractivity contribution in [2.75, 3.05) is 12.5 Å². The molecule has 2 aromatic heterocycles. The van der Waals surface area contributed by atoms with Crippen molar-refractivity contribution < 1.29 is 18.3 Å².